The minimum atomic E-state index is -0.132. The highest BCUT2D eigenvalue weighted by Gasteiger charge is 2.09. The highest BCUT2D eigenvalue weighted by atomic mass is 35.5. The van der Waals surface area contributed by atoms with E-state index < -0.39 is 0 Å². The van der Waals surface area contributed by atoms with E-state index in [2.05, 4.69) is 10.6 Å². The summed E-state index contributed by atoms with van der Waals surface area (Å²) < 4.78 is 5.04. The Morgan fingerprint density at radius 3 is 2.61 bits per heavy atom. The van der Waals surface area contributed by atoms with E-state index in [0.29, 0.717) is 16.5 Å². The quantitative estimate of drug-likeness (QED) is 0.839. The number of ether oxygens (including phenoxy) is 1. The van der Waals surface area contributed by atoms with E-state index >= 15 is 0 Å². The van der Waals surface area contributed by atoms with Crippen LogP contribution in [0.4, 0.5) is 5.69 Å². The fourth-order valence-corrected chi connectivity index (χ4v) is 1.64. The van der Waals surface area contributed by atoms with E-state index in [1.807, 2.05) is 0 Å². The standard InChI is InChI=1S/C12H15ClN2O2S/c1-7(2)11(16)15-12(18)14-8-4-5-10(17-3)9(13)6-8/h4-7H,1-3H3,(H2,14,15,16,18). The van der Waals surface area contributed by atoms with Crippen LogP contribution < -0.4 is 15.4 Å². The summed E-state index contributed by atoms with van der Waals surface area (Å²) in [6.07, 6.45) is 0. The van der Waals surface area contributed by atoms with Gasteiger partial charge in [-0.25, -0.2) is 0 Å². The van der Waals surface area contributed by atoms with Crippen molar-refractivity contribution >= 4 is 40.5 Å². The summed E-state index contributed by atoms with van der Waals surface area (Å²) in [5, 5.41) is 6.18. The van der Waals surface area contributed by atoms with Crippen LogP contribution in [-0.4, -0.2) is 18.1 Å². The summed E-state index contributed by atoms with van der Waals surface area (Å²) in [5.74, 6) is 0.329. The zero-order chi connectivity index (χ0) is 13.7. The predicted molar refractivity (Wildman–Crippen MR) is 77.2 cm³/mol. The molecule has 4 nitrogen and oxygen atoms in total. The molecule has 2 N–H and O–H groups in total. The normalized spacial score (nSPS) is 10.1. The fraction of sp³-hybridized carbons (Fsp3) is 0.333. The van der Waals surface area contributed by atoms with Gasteiger partial charge in [-0.15, -0.1) is 0 Å². The molecule has 0 heterocycles. The van der Waals surface area contributed by atoms with Crippen molar-refractivity contribution in [3.05, 3.63) is 23.2 Å². The first kappa shape index (κ1) is 14.7. The largest absolute Gasteiger partial charge is 0.495 e. The number of halogens is 1. The van der Waals surface area contributed by atoms with E-state index in [9.17, 15) is 4.79 Å². The van der Waals surface area contributed by atoms with Crippen LogP contribution in [0.15, 0.2) is 18.2 Å². The fourth-order valence-electron chi connectivity index (χ4n) is 1.16. The van der Waals surface area contributed by atoms with Crippen molar-refractivity contribution in [3.8, 4) is 5.75 Å². The minimum absolute atomic E-state index is 0.121. The number of hydrogen-bond acceptors (Lipinski definition) is 3. The summed E-state index contributed by atoms with van der Waals surface area (Å²) in [6.45, 7) is 3.59. The maximum atomic E-state index is 11.4. The molecular formula is C12H15ClN2O2S. The average molecular weight is 287 g/mol. The Labute approximate surface area is 117 Å². The second kappa shape index (κ2) is 6.56. The van der Waals surface area contributed by atoms with Crippen molar-refractivity contribution in [2.24, 2.45) is 5.92 Å². The smallest absolute Gasteiger partial charge is 0.228 e. The van der Waals surface area contributed by atoms with Crippen LogP contribution in [0, 0.1) is 5.92 Å². The highest BCUT2D eigenvalue weighted by Crippen LogP contribution is 2.27. The molecule has 0 fully saturated rings. The zero-order valence-electron chi connectivity index (χ0n) is 10.4. The van der Waals surface area contributed by atoms with Crippen molar-refractivity contribution in [1.29, 1.82) is 0 Å². The number of methoxy groups -OCH3 is 1. The molecule has 1 aromatic carbocycles. The monoisotopic (exact) mass is 286 g/mol. The first-order valence-corrected chi connectivity index (χ1v) is 6.18. The summed E-state index contributed by atoms with van der Waals surface area (Å²) in [5.41, 5.74) is 0.690. The third-order valence-corrected chi connectivity index (χ3v) is 2.67. The van der Waals surface area contributed by atoms with Crippen molar-refractivity contribution in [2.45, 2.75) is 13.8 Å². The van der Waals surface area contributed by atoms with Crippen LogP contribution in [0.3, 0.4) is 0 Å². The molecule has 1 aromatic rings. The SMILES string of the molecule is COc1ccc(NC(=S)NC(=O)C(C)C)cc1Cl. The van der Waals surface area contributed by atoms with E-state index in [1.165, 1.54) is 0 Å². The number of nitrogens with one attached hydrogen (secondary N) is 2. The van der Waals surface area contributed by atoms with Gasteiger partial charge in [0, 0.05) is 11.6 Å². The van der Waals surface area contributed by atoms with Gasteiger partial charge < -0.3 is 15.4 Å². The molecule has 0 bridgehead atoms. The molecule has 0 spiro atoms. The van der Waals surface area contributed by atoms with Gasteiger partial charge in [-0.1, -0.05) is 25.4 Å². The Bertz CT molecular complexity index is 463. The van der Waals surface area contributed by atoms with E-state index in [-0.39, 0.29) is 16.9 Å². The molecule has 1 rings (SSSR count). The molecule has 0 unspecified atom stereocenters. The number of rotatable bonds is 3. The molecule has 18 heavy (non-hydrogen) atoms. The third-order valence-electron chi connectivity index (χ3n) is 2.17. The van der Waals surface area contributed by atoms with Gasteiger partial charge in [0.2, 0.25) is 5.91 Å². The molecule has 0 radical (unpaired) electrons. The number of anilines is 1. The van der Waals surface area contributed by atoms with Gasteiger partial charge in [-0.3, -0.25) is 4.79 Å². The first-order chi connectivity index (χ1) is 8.43. The van der Waals surface area contributed by atoms with E-state index in [4.69, 9.17) is 28.6 Å². The lowest BCUT2D eigenvalue weighted by Crippen LogP contribution is -2.36. The Kier molecular flexibility index (Phi) is 5.37. The number of benzene rings is 1. The van der Waals surface area contributed by atoms with Crippen LogP contribution in [0.2, 0.25) is 5.02 Å². The van der Waals surface area contributed by atoms with Gasteiger partial charge in [0.05, 0.1) is 12.1 Å². The lowest BCUT2D eigenvalue weighted by Gasteiger charge is -2.12. The second-order valence-corrected chi connectivity index (χ2v) is 4.76. The Balaban J connectivity index is 2.65. The van der Waals surface area contributed by atoms with Crippen molar-refractivity contribution in [2.75, 3.05) is 12.4 Å². The van der Waals surface area contributed by atoms with Gasteiger partial charge in [-0.05, 0) is 30.4 Å². The average Bonchev–Trinajstić information content (AvgIpc) is 2.28. The van der Waals surface area contributed by atoms with Gasteiger partial charge in [0.1, 0.15) is 5.75 Å². The summed E-state index contributed by atoms with van der Waals surface area (Å²) in [6, 6.07) is 5.16. The van der Waals surface area contributed by atoms with Gasteiger partial charge >= 0.3 is 0 Å². The summed E-state index contributed by atoms with van der Waals surface area (Å²) >= 11 is 11.0. The van der Waals surface area contributed by atoms with Gasteiger partial charge in [0.15, 0.2) is 5.11 Å². The molecule has 6 heteroatoms. The van der Waals surface area contributed by atoms with Crippen LogP contribution in [0.1, 0.15) is 13.8 Å². The number of hydrogen-bond donors (Lipinski definition) is 2. The van der Waals surface area contributed by atoms with Crippen LogP contribution >= 0.6 is 23.8 Å². The minimum Gasteiger partial charge on any atom is -0.495 e. The number of amides is 1. The maximum Gasteiger partial charge on any atom is 0.228 e. The molecule has 98 valence electrons. The lowest BCUT2D eigenvalue weighted by atomic mass is 10.2. The van der Waals surface area contributed by atoms with Crippen LogP contribution in [0.25, 0.3) is 0 Å². The van der Waals surface area contributed by atoms with Crippen molar-refractivity contribution in [1.82, 2.24) is 5.32 Å². The molecule has 0 saturated heterocycles. The topological polar surface area (TPSA) is 50.4 Å². The molecule has 0 aliphatic rings. The van der Waals surface area contributed by atoms with Crippen molar-refractivity contribution < 1.29 is 9.53 Å². The Morgan fingerprint density at radius 1 is 1.44 bits per heavy atom. The third kappa shape index (κ3) is 4.16. The number of thiocarbonyl (C=S) groups is 1. The van der Waals surface area contributed by atoms with Crippen LogP contribution in [0.5, 0.6) is 5.75 Å². The summed E-state index contributed by atoms with van der Waals surface area (Å²) in [7, 11) is 1.54. The number of carbonyl (C=O) groups is 1. The molecule has 0 saturated carbocycles. The Morgan fingerprint density at radius 2 is 2.11 bits per heavy atom. The van der Waals surface area contributed by atoms with Crippen molar-refractivity contribution in [3.63, 3.8) is 0 Å². The van der Waals surface area contributed by atoms with Gasteiger partial charge in [0.25, 0.3) is 0 Å². The molecule has 0 aliphatic carbocycles. The maximum absolute atomic E-state index is 11.4. The highest BCUT2D eigenvalue weighted by molar-refractivity contribution is 7.80. The van der Waals surface area contributed by atoms with Gasteiger partial charge in [-0.2, -0.15) is 0 Å². The molecule has 0 atom stereocenters. The molecular weight excluding hydrogens is 272 g/mol. The van der Waals surface area contributed by atoms with Crippen LogP contribution in [-0.2, 0) is 4.79 Å². The lowest BCUT2D eigenvalue weighted by molar-refractivity contribution is -0.122. The molecule has 1 amide bonds. The first-order valence-electron chi connectivity index (χ1n) is 5.39. The second-order valence-electron chi connectivity index (χ2n) is 3.95. The van der Waals surface area contributed by atoms with E-state index in [1.54, 1.807) is 39.2 Å². The van der Waals surface area contributed by atoms with E-state index in [0.717, 1.165) is 0 Å². The zero-order valence-corrected chi connectivity index (χ0v) is 12.0. The molecule has 0 aliphatic heterocycles. The predicted octanol–water partition coefficient (Wildman–Crippen LogP) is 2.82. The summed E-state index contributed by atoms with van der Waals surface area (Å²) in [4.78, 5) is 11.4. The number of carbonyl (C=O) groups excluding carboxylic acids is 1. The molecule has 0 aromatic heterocycles. The Hall–Kier alpha value is -1.33.